The van der Waals surface area contributed by atoms with E-state index in [9.17, 15) is 0 Å². The second-order valence-corrected chi connectivity index (χ2v) is 15.6. The van der Waals surface area contributed by atoms with Crippen molar-refractivity contribution in [3.63, 3.8) is 0 Å². The van der Waals surface area contributed by atoms with Gasteiger partial charge in [-0.3, -0.25) is 0 Å². The normalized spacial score (nSPS) is 14.2. The molecule has 1 aliphatic rings. The first-order valence-corrected chi connectivity index (χ1v) is 19.8. The monoisotopic (exact) mass is 744 g/mol. The molecule has 58 heavy (non-hydrogen) atoms. The Balaban J connectivity index is 0.894. The maximum Gasteiger partial charge on any atom is 0.139 e. The zero-order chi connectivity index (χ0) is 37.9. The van der Waals surface area contributed by atoms with Crippen LogP contribution in [0.3, 0.4) is 0 Å². The van der Waals surface area contributed by atoms with Gasteiger partial charge in [0.05, 0.1) is 0 Å². The van der Waals surface area contributed by atoms with Gasteiger partial charge in [0.2, 0.25) is 0 Å². The SMILES string of the molecule is C1=CC(c2ccccc2)Cc2c1oc1ccc(-c3ccc4oc5cc6oc7ccc(-c8ccc9oc%10ccc(-c%11ccccc%11)cc%10c9c8)cc7c6cc5c4c3)cc21. The molecule has 0 spiro atoms. The predicted octanol–water partition coefficient (Wildman–Crippen LogP) is 15.5. The predicted molar refractivity (Wildman–Crippen MR) is 236 cm³/mol. The Hall–Kier alpha value is -7.56. The fourth-order valence-electron chi connectivity index (χ4n) is 9.29. The van der Waals surface area contributed by atoms with Crippen LogP contribution < -0.4 is 0 Å². The van der Waals surface area contributed by atoms with Crippen molar-refractivity contribution in [2.24, 2.45) is 0 Å². The first-order chi connectivity index (χ1) is 28.7. The lowest BCUT2D eigenvalue weighted by Crippen LogP contribution is -2.04. The Morgan fingerprint density at radius 3 is 1.26 bits per heavy atom. The van der Waals surface area contributed by atoms with E-state index in [1.807, 2.05) is 12.1 Å². The van der Waals surface area contributed by atoms with Gasteiger partial charge in [-0.2, -0.15) is 0 Å². The van der Waals surface area contributed by atoms with E-state index in [0.29, 0.717) is 5.92 Å². The second-order valence-electron chi connectivity index (χ2n) is 15.6. The van der Waals surface area contributed by atoms with Gasteiger partial charge >= 0.3 is 0 Å². The molecule has 0 amide bonds. The van der Waals surface area contributed by atoms with Gasteiger partial charge in [0.1, 0.15) is 44.8 Å². The third-order valence-electron chi connectivity index (χ3n) is 12.3. The lowest BCUT2D eigenvalue weighted by molar-refractivity contribution is 0.591. The second kappa shape index (κ2) is 12.0. The van der Waals surface area contributed by atoms with Crippen molar-refractivity contribution in [1.29, 1.82) is 0 Å². The molecule has 8 aromatic carbocycles. The van der Waals surface area contributed by atoms with Gasteiger partial charge in [-0.25, -0.2) is 0 Å². The van der Waals surface area contributed by atoms with Gasteiger partial charge < -0.3 is 17.7 Å². The molecule has 1 atom stereocenters. The molecule has 0 bridgehead atoms. The number of hydrogen-bond acceptors (Lipinski definition) is 4. The molecule has 13 rings (SSSR count). The Labute approximate surface area is 331 Å². The zero-order valence-corrected chi connectivity index (χ0v) is 31.2. The highest BCUT2D eigenvalue weighted by molar-refractivity contribution is 6.16. The Morgan fingerprint density at radius 1 is 0.328 bits per heavy atom. The van der Waals surface area contributed by atoms with Gasteiger partial charge in [0.25, 0.3) is 0 Å². The van der Waals surface area contributed by atoms with Crippen LogP contribution in [0.5, 0.6) is 0 Å². The third kappa shape index (κ3) is 4.82. The van der Waals surface area contributed by atoms with Gasteiger partial charge in [-0.05, 0) is 118 Å². The van der Waals surface area contributed by atoms with E-state index in [1.54, 1.807) is 0 Å². The fraction of sp³-hybridized carbons (Fsp3) is 0.0370. The summed E-state index contributed by atoms with van der Waals surface area (Å²) in [5.74, 6) is 1.29. The molecule has 0 fully saturated rings. The number of fused-ring (bicyclic) bond motifs is 12. The van der Waals surface area contributed by atoms with Crippen molar-refractivity contribution in [3.8, 4) is 33.4 Å². The van der Waals surface area contributed by atoms with E-state index in [2.05, 4.69) is 164 Å². The van der Waals surface area contributed by atoms with Crippen molar-refractivity contribution in [1.82, 2.24) is 0 Å². The van der Waals surface area contributed by atoms with Crippen molar-refractivity contribution in [3.05, 3.63) is 187 Å². The molecule has 0 radical (unpaired) electrons. The molecule has 4 heterocycles. The molecule has 272 valence electrons. The smallest absolute Gasteiger partial charge is 0.139 e. The quantitative estimate of drug-likeness (QED) is 0.180. The molecule has 4 heteroatoms. The van der Waals surface area contributed by atoms with Crippen LogP contribution >= 0.6 is 0 Å². The molecule has 12 aromatic rings. The summed E-state index contributed by atoms with van der Waals surface area (Å²) < 4.78 is 25.5. The standard InChI is InChI=1S/C54H32O4/c1-3-7-31(8-4-1)33-11-17-47-39(23-33)41-25-35(13-19-49(41)55-47)37-15-21-51-43(27-37)45-29-46-44-28-38(16-22-52(44)58-54(46)30-53(45)57-51)36-14-20-50-42(26-36)40-24-34(12-18-48(40)56-50)32-9-5-2-6-10-32/h1-23,25-30,34H,24H2. The number of allylic oxidation sites excluding steroid dienone is 1. The van der Waals surface area contributed by atoms with Crippen molar-refractivity contribution < 1.29 is 17.7 Å². The van der Waals surface area contributed by atoms with Gasteiger partial charge in [-0.1, -0.05) is 97.1 Å². The summed E-state index contributed by atoms with van der Waals surface area (Å²) in [6, 6.07) is 57.9. The van der Waals surface area contributed by atoms with Crippen LogP contribution in [-0.4, -0.2) is 0 Å². The van der Waals surface area contributed by atoms with Crippen LogP contribution in [0.4, 0.5) is 0 Å². The maximum absolute atomic E-state index is 6.44. The summed E-state index contributed by atoms with van der Waals surface area (Å²) >= 11 is 0. The van der Waals surface area contributed by atoms with E-state index >= 15 is 0 Å². The molecular formula is C54H32O4. The van der Waals surface area contributed by atoms with Gasteiger partial charge in [0.15, 0.2) is 0 Å². The van der Waals surface area contributed by atoms with Crippen LogP contribution in [0, 0.1) is 0 Å². The Bertz CT molecular complexity index is 3650. The maximum atomic E-state index is 6.44. The average Bonchev–Trinajstić information content (AvgIpc) is 4.04. The summed E-state index contributed by atoms with van der Waals surface area (Å²) in [6.07, 6.45) is 5.33. The van der Waals surface area contributed by atoms with E-state index in [0.717, 1.165) is 106 Å². The lowest BCUT2D eigenvalue weighted by atomic mass is 9.86. The van der Waals surface area contributed by atoms with Gasteiger partial charge in [0, 0.05) is 55.3 Å². The fourth-order valence-corrected chi connectivity index (χ4v) is 9.29. The largest absolute Gasteiger partial charge is 0.456 e. The Kier molecular flexibility index (Phi) is 6.53. The summed E-state index contributed by atoms with van der Waals surface area (Å²) in [5.41, 5.74) is 15.5. The van der Waals surface area contributed by atoms with Crippen LogP contribution in [0.25, 0.3) is 116 Å². The average molecular weight is 745 g/mol. The highest BCUT2D eigenvalue weighted by Gasteiger charge is 2.22. The van der Waals surface area contributed by atoms with Crippen molar-refractivity contribution >= 4 is 82.9 Å². The topological polar surface area (TPSA) is 52.6 Å². The van der Waals surface area contributed by atoms with Crippen LogP contribution in [0.15, 0.2) is 188 Å². The molecule has 4 aromatic heterocycles. The highest BCUT2D eigenvalue weighted by atomic mass is 16.3. The van der Waals surface area contributed by atoms with E-state index in [-0.39, 0.29) is 0 Å². The first-order valence-electron chi connectivity index (χ1n) is 19.8. The molecule has 0 N–H and O–H groups in total. The lowest BCUT2D eigenvalue weighted by Gasteiger charge is -2.17. The van der Waals surface area contributed by atoms with Crippen LogP contribution in [0.2, 0.25) is 0 Å². The minimum atomic E-state index is 0.327. The summed E-state index contributed by atoms with van der Waals surface area (Å²) in [5, 5.41) is 7.66. The summed E-state index contributed by atoms with van der Waals surface area (Å²) in [6.45, 7) is 0. The van der Waals surface area contributed by atoms with Crippen molar-refractivity contribution in [2.75, 3.05) is 0 Å². The molecular weight excluding hydrogens is 713 g/mol. The summed E-state index contributed by atoms with van der Waals surface area (Å²) in [4.78, 5) is 0. The number of benzene rings is 8. The Morgan fingerprint density at radius 2 is 0.741 bits per heavy atom. The third-order valence-corrected chi connectivity index (χ3v) is 12.3. The molecule has 0 saturated heterocycles. The molecule has 4 nitrogen and oxygen atoms in total. The van der Waals surface area contributed by atoms with E-state index in [1.165, 1.54) is 27.6 Å². The number of hydrogen-bond donors (Lipinski definition) is 0. The summed E-state index contributed by atoms with van der Waals surface area (Å²) in [7, 11) is 0. The van der Waals surface area contributed by atoms with E-state index < -0.39 is 0 Å². The molecule has 1 unspecified atom stereocenters. The van der Waals surface area contributed by atoms with Gasteiger partial charge in [-0.15, -0.1) is 0 Å². The van der Waals surface area contributed by atoms with Crippen LogP contribution in [0.1, 0.15) is 22.8 Å². The molecule has 1 aliphatic carbocycles. The van der Waals surface area contributed by atoms with Crippen LogP contribution in [-0.2, 0) is 6.42 Å². The van der Waals surface area contributed by atoms with E-state index in [4.69, 9.17) is 17.7 Å². The minimum Gasteiger partial charge on any atom is -0.456 e. The number of furan rings is 4. The first kappa shape index (κ1) is 31.6. The highest BCUT2D eigenvalue weighted by Crippen LogP contribution is 2.42. The molecule has 0 aliphatic heterocycles. The minimum absolute atomic E-state index is 0.327. The molecule has 0 saturated carbocycles. The number of rotatable bonds is 4. The zero-order valence-electron chi connectivity index (χ0n) is 31.2. The van der Waals surface area contributed by atoms with Crippen molar-refractivity contribution in [2.45, 2.75) is 12.3 Å².